The molecule has 0 unspecified atom stereocenters. The van der Waals surface area contributed by atoms with E-state index in [9.17, 15) is 18.8 Å². The van der Waals surface area contributed by atoms with Gasteiger partial charge in [-0.15, -0.1) is 0 Å². The van der Waals surface area contributed by atoms with E-state index < -0.39 is 36.2 Å². The van der Waals surface area contributed by atoms with E-state index in [-0.39, 0.29) is 10.6 Å². The van der Waals surface area contributed by atoms with Gasteiger partial charge in [-0.05, 0) is 19.1 Å². The molecule has 0 aliphatic rings. The minimum atomic E-state index is -1.37. The van der Waals surface area contributed by atoms with E-state index in [2.05, 4.69) is 10.6 Å². The number of benzene rings is 2. The van der Waals surface area contributed by atoms with E-state index in [0.29, 0.717) is 12.1 Å². The number of urea groups is 1. The molecule has 0 radical (unpaired) electrons. The highest BCUT2D eigenvalue weighted by molar-refractivity contribution is 6.31. The summed E-state index contributed by atoms with van der Waals surface area (Å²) in [6, 6.07) is 11.5. The first kappa shape index (κ1) is 20.4. The Balaban J connectivity index is 2.17. The lowest BCUT2D eigenvalue weighted by molar-refractivity contribution is -0.155. The highest BCUT2D eigenvalue weighted by atomic mass is 35.5. The molecule has 6 nitrogen and oxygen atoms in total. The number of carbonyl (C=O) groups is 3. The van der Waals surface area contributed by atoms with Crippen LogP contribution < -0.4 is 10.6 Å². The average molecular weight is 393 g/mol. The van der Waals surface area contributed by atoms with Crippen molar-refractivity contribution in [1.29, 1.82) is 0 Å². The Morgan fingerprint density at radius 2 is 1.81 bits per heavy atom. The minimum Gasteiger partial charge on any atom is -0.447 e. The largest absolute Gasteiger partial charge is 0.447 e. The van der Waals surface area contributed by atoms with Crippen molar-refractivity contribution in [3.63, 3.8) is 0 Å². The van der Waals surface area contributed by atoms with Crippen LogP contribution in [-0.4, -0.2) is 24.5 Å². The molecule has 2 aromatic carbocycles. The maximum Gasteiger partial charge on any atom is 0.321 e. The quantitative estimate of drug-likeness (QED) is 0.739. The summed E-state index contributed by atoms with van der Waals surface area (Å²) in [6.07, 6.45) is -1.82. The molecule has 2 N–H and O–H groups in total. The van der Waals surface area contributed by atoms with Crippen LogP contribution in [0.15, 0.2) is 48.5 Å². The van der Waals surface area contributed by atoms with Crippen LogP contribution in [0.2, 0.25) is 5.02 Å². The van der Waals surface area contributed by atoms with Crippen LogP contribution in [0.3, 0.4) is 0 Å². The summed E-state index contributed by atoms with van der Waals surface area (Å²) in [5.74, 6) is -2.33. The predicted molar refractivity (Wildman–Crippen MR) is 97.6 cm³/mol. The predicted octanol–water partition coefficient (Wildman–Crippen LogP) is 3.15. The Hall–Kier alpha value is -2.93. The number of nitrogens with one attached hydrogen (secondary N) is 2. The number of carbonyl (C=O) groups excluding carboxylic acids is 3. The van der Waals surface area contributed by atoms with E-state index in [1.54, 1.807) is 37.3 Å². The first-order valence-corrected chi connectivity index (χ1v) is 8.56. The molecule has 2 aromatic rings. The molecule has 8 heteroatoms. The summed E-state index contributed by atoms with van der Waals surface area (Å²) in [5.41, 5.74) is 0.340. The lowest BCUT2D eigenvalue weighted by Crippen LogP contribution is -2.42. The van der Waals surface area contributed by atoms with Gasteiger partial charge in [-0.1, -0.05) is 48.0 Å². The fourth-order valence-electron chi connectivity index (χ4n) is 2.30. The Morgan fingerprint density at radius 3 is 2.44 bits per heavy atom. The molecule has 0 saturated carbocycles. The van der Waals surface area contributed by atoms with E-state index in [1.807, 2.05) is 0 Å². The minimum absolute atomic E-state index is 0.0277. The number of rotatable bonds is 6. The van der Waals surface area contributed by atoms with Crippen LogP contribution in [0.25, 0.3) is 0 Å². The highest BCUT2D eigenvalue weighted by Crippen LogP contribution is 2.22. The standard InChI is InChI=1S/C19H18ClFN2O4/c1-2-22-19(26)23-18(25)17(12-7-4-3-5-8-12)27-16(24)11-13-14(20)9-6-10-15(13)21/h3-10,17H,2,11H2,1H3,(H2,22,23,25,26)/t17-/m1/s1. The first-order valence-electron chi connectivity index (χ1n) is 8.18. The summed E-state index contributed by atoms with van der Waals surface area (Å²) in [4.78, 5) is 36.3. The molecule has 2 rings (SSSR count). The number of hydrogen-bond acceptors (Lipinski definition) is 4. The monoisotopic (exact) mass is 392 g/mol. The van der Waals surface area contributed by atoms with Gasteiger partial charge in [0.15, 0.2) is 0 Å². The van der Waals surface area contributed by atoms with E-state index in [0.717, 1.165) is 0 Å². The second kappa shape index (κ2) is 9.68. The molecule has 0 aliphatic heterocycles. The Bertz CT molecular complexity index is 809. The topological polar surface area (TPSA) is 84.5 Å². The third-order valence-electron chi connectivity index (χ3n) is 3.55. The van der Waals surface area contributed by atoms with Crippen LogP contribution in [0.4, 0.5) is 9.18 Å². The molecule has 0 spiro atoms. The van der Waals surface area contributed by atoms with Crippen LogP contribution in [0.5, 0.6) is 0 Å². The second-order valence-electron chi connectivity index (χ2n) is 5.51. The zero-order chi connectivity index (χ0) is 19.8. The molecule has 0 aromatic heterocycles. The molecule has 0 fully saturated rings. The van der Waals surface area contributed by atoms with Gasteiger partial charge < -0.3 is 10.1 Å². The van der Waals surface area contributed by atoms with Crippen LogP contribution in [-0.2, 0) is 20.7 Å². The van der Waals surface area contributed by atoms with Crippen molar-refractivity contribution in [2.75, 3.05) is 6.54 Å². The van der Waals surface area contributed by atoms with Crippen LogP contribution in [0, 0.1) is 5.82 Å². The summed E-state index contributed by atoms with van der Waals surface area (Å²) in [6.45, 7) is 2.01. The Morgan fingerprint density at radius 1 is 1.11 bits per heavy atom. The van der Waals surface area contributed by atoms with Crippen molar-refractivity contribution in [2.45, 2.75) is 19.4 Å². The molecule has 0 heterocycles. The van der Waals surface area contributed by atoms with Gasteiger partial charge in [0.25, 0.3) is 5.91 Å². The first-order chi connectivity index (χ1) is 12.9. The molecule has 27 heavy (non-hydrogen) atoms. The molecule has 0 saturated heterocycles. The maximum atomic E-state index is 13.9. The third kappa shape index (κ3) is 5.79. The summed E-state index contributed by atoms with van der Waals surface area (Å²) in [5, 5.41) is 4.60. The van der Waals surface area contributed by atoms with Gasteiger partial charge in [-0.25, -0.2) is 9.18 Å². The lowest BCUT2D eigenvalue weighted by Gasteiger charge is -2.18. The van der Waals surface area contributed by atoms with Crippen molar-refractivity contribution < 1.29 is 23.5 Å². The van der Waals surface area contributed by atoms with Crippen LogP contribution in [0.1, 0.15) is 24.2 Å². The van der Waals surface area contributed by atoms with Crippen molar-refractivity contribution in [3.05, 3.63) is 70.5 Å². The summed E-state index contributed by atoms with van der Waals surface area (Å²) >= 11 is 5.91. The number of halogens is 2. The summed E-state index contributed by atoms with van der Waals surface area (Å²) < 4.78 is 19.1. The molecular weight excluding hydrogens is 375 g/mol. The van der Waals surface area contributed by atoms with Crippen molar-refractivity contribution in [1.82, 2.24) is 10.6 Å². The number of amides is 3. The second-order valence-corrected chi connectivity index (χ2v) is 5.91. The zero-order valence-electron chi connectivity index (χ0n) is 14.5. The van der Waals surface area contributed by atoms with Gasteiger partial charge in [0.1, 0.15) is 5.82 Å². The van der Waals surface area contributed by atoms with E-state index in [4.69, 9.17) is 16.3 Å². The van der Waals surface area contributed by atoms with Gasteiger partial charge >= 0.3 is 12.0 Å². The number of esters is 1. The molecule has 0 aliphatic carbocycles. The molecule has 1 atom stereocenters. The number of ether oxygens (including phenoxy) is 1. The number of hydrogen-bond donors (Lipinski definition) is 2. The fraction of sp³-hybridized carbons (Fsp3) is 0.211. The molecule has 0 bridgehead atoms. The molecular formula is C19H18ClFN2O4. The van der Waals surface area contributed by atoms with Gasteiger partial charge in [0.2, 0.25) is 6.10 Å². The van der Waals surface area contributed by atoms with Crippen molar-refractivity contribution in [3.8, 4) is 0 Å². The molecule has 142 valence electrons. The SMILES string of the molecule is CCNC(=O)NC(=O)[C@H](OC(=O)Cc1c(F)cccc1Cl)c1ccccc1. The van der Waals surface area contributed by atoms with Crippen LogP contribution >= 0.6 is 11.6 Å². The fourth-order valence-corrected chi connectivity index (χ4v) is 2.53. The lowest BCUT2D eigenvalue weighted by atomic mass is 10.1. The third-order valence-corrected chi connectivity index (χ3v) is 3.90. The van der Waals surface area contributed by atoms with E-state index >= 15 is 0 Å². The van der Waals surface area contributed by atoms with Crippen molar-refractivity contribution in [2.24, 2.45) is 0 Å². The Labute approximate surface area is 160 Å². The number of imide groups is 1. The van der Waals surface area contributed by atoms with Gasteiger partial charge in [-0.2, -0.15) is 0 Å². The highest BCUT2D eigenvalue weighted by Gasteiger charge is 2.27. The van der Waals surface area contributed by atoms with Gasteiger partial charge in [-0.3, -0.25) is 14.9 Å². The average Bonchev–Trinajstić information content (AvgIpc) is 2.63. The van der Waals surface area contributed by atoms with Crippen molar-refractivity contribution >= 4 is 29.5 Å². The normalized spacial score (nSPS) is 11.4. The maximum absolute atomic E-state index is 13.9. The Kier molecular flexibility index (Phi) is 7.31. The molecule has 3 amide bonds. The van der Waals surface area contributed by atoms with Gasteiger partial charge in [0, 0.05) is 22.7 Å². The summed E-state index contributed by atoms with van der Waals surface area (Å²) in [7, 11) is 0. The van der Waals surface area contributed by atoms with Gasteiger partial charge in [0.05, 0.1) is 6.42 Å². The smallest absolute Gasteiger partial charge is 0.321 e. The van der Waals surface area contributed by atoms with E-state index in [1.165, 1.54) is 18.2 Å². The zero-order valence-corrected chi connectivity index (χ0v) is 15.3.